The minimum absolute atomic E-state index is 0.105. The number of nitrogens with zero attached hydrogens (tertiary/aromatic N) is 1. The van der Waals surface area contributed by atoms with Crippen molar-refractivity contribution in [2.24, 2.45) is 0 Å². The van der Waals surface area contributed by atoms with E-state index in [9.17, 15) is 4.79 Å². The van der Waals surface area contributed by atoms with E-state index >= 15 is 0 Å². The lowest BCUT2D eigenvalue weighted by molar-refractivity contribution is 0.0936. The molecular weight excluding hydrogens is 292 g/mol. The van der Waals surface area contributed by atoms with Crippen molar-refractivity contribution in [2.45, 2.75) is 46.6 Å². The molecule has 1 atom stereocenters. The predicted molar refractivity (Wildman–Crippen MR) is 88.8 cm³/mol. The molecular formula is C18H24N2O3. The van der Waals surface area contributed by atoms with Crippen LogP contribution in [0.3, 0.4) is 0 Å². The SMILES string of the molecule is CCOc1cccc([C@H](C)NC(=O)c2c(C)noc2C(C)C)c1. The monoisotopic (exact) mass is 316 g/mol. The van der Waals surface area contributed by atoms with Gasteiger partial charge in [-0.1, -0.05) is 31.1 Å². The van der Waals surface area contributed by atoms with Crippen LogP contribution in [0.4, 0.5) is 0 Å². The summed E-state index contributed by atoms with van der Waals surface area (Å²) in [5.41, 5.74) is 2.14. The summed E-state index contributed by atoms with van der Waals surface area (Å²) in [5.74, 6) is 1.36. The molecule has 0 aliphatic carbocycles. The summed E-state index contributed by atoms with van der Waals surface area (Å²) < 4.78 is 10.8. The topological polar surface area (TPSA) is 64.4 Å². The van der Waals surface area contributed by atoms with Crippen LogP contribution < -0.4 is 10.1 Å². The smallest absolute Gasteiger partial charge is 0.257 e. The second kappa shape index (κ2) is 7.31. The van der Waals surface area contributed by atoms with E-state index in [1.54, 1.807) is 6.92 Å². The highest BCUT2D eigenvalue weighted by Crippen LogP contribution is 2.24. The molecule has 2 aromatic rings. The minimum Gasteiger partial charge on any atom is -0.494 e. The molecule has 0 saturated heterocycles. The Morgan fingerprint density at radius 1 is 1.35 bits per heavy atom. The first-order chi connectivity index (χ1) is 10.9. The van der Waals surface area contributed by atoms with E-state index in [0.717, 1.165) is 11.3 Å². The van der Waals surface area contributed by atoms with Crippen molar-refractivity contribution in [3.05, 3.63) is 46.8 Å². The standard InChI is InChI=1S/C18H24N2O3/c1-6-22-15-9-7-8-14(10-15)12(4)19-18(21)16-13(5)20-23-17(16)11(2)3/h7-12H,6H2,1-5H3,(H,19,21)/t12-/m0/s1. The van der Waals surface area contributed by atoms with E-state index in [2.05, 4.69) is 10.5 Å². The number of hydrogen-bond acceptors (Lipinski definition) is 4. The zero-order chi connectivity index (χ0) is 17.0. The van der Waals surface area contributed by atoms with Crippen LogP contribution in [-0.4, -0.2) is 17.7 Å². The summed E-state index contributed by atoms with van der Waals surface area (Å²) in [4.78, 5) is 12.6. The van der Waals surface area contributed by atoms with E-state index in [1.165, 1.54) is 0 Å². The maximum atomic E-state index is 12.6. The predicted octanol–water partition coefficient (Wildman–Crippen LogP) is 4.00. The number of aryl methyl sites for hydroxylation is 1. The maximum Gasteiger partial charge on any atom is 0.257 e. The molecule has 0 aliphatic heterocycles. The Balaban J connectivity index is 2.17. The zero-order valence-electron chi connectivity index (χ0n) is 14.3. The molecule has 124 valence electrons. The Labute approximate surface area is 137 Å². The zero-order valence-corrected chi connectivity index (χ0v) is 14.3. The van der Waals surface area contributed by atoms with Crippen LogP contribution in [0, 0.1) is 6.92 Å². The number of carbonyl (C=O) groups excluding carboxylic acids is 1. The van der Waals surface area contributed by atoms with Crippen LogP contribution in [0.25, 0.3) is 0 Å². The summed E-state index contributed by atoms with van der Waals surface area (Å²) >= 11 is 0. The highest BCUT2D eigenvalue weighted by molar-refractivity contribution is 5.96. The molecule has 5 nitrogen and oxygen atoms in total. The van der Waals surface area contributed by atoms with E-state index in [-0.39, 0.29) is 17.9 Å². The molecule has 2 rings (SSSR count). The molecule has 0 saturated carbocycles. The molecule has 0 bridgehead atoms. The third-order valence-electron chi connectivity index (χ3n) is 3.66. The summed E-state index contributed by atoms with van der Waals surface area (Å²) in [5, 5.41) is 6.93. The number of ether oxygens (including phenoxy) is 1. The van der Waals surface area contributed by atoms with E-state index in [0.29, 0.717) is 23.6 Å². The molecule has 1 aromatic heterocycles. The molecule has 23 heavy (non-hydrogen) atoms. The summed E-state index contributed by atoms with van der Waals surface area (Å²) in [6, 6.07) is 7.60. The van der Waals surface area contributed by atoms with Crippen LogP contribution >= 0.6 is 0 Å². The molecule has 1 N–H and O–H groups in total. The number of nitrogens with one attached hydrogen (secondary N) is 1. The number of benzene rings is 1. The molecule has 0 radical (unpaired) electrons. The second-order valence-electron chi connectivity index (χ2n) is 5.86. The molecule has 0 aliphatic rings. The summed E-state index contributed by atoms with van der Waals surface area (Å²) in [7, 11) is 0. The van der Waals surface area contributed by atoms with Gasteiger partial charge < -0.3 is 14.6 Å². The number of amides is 1. The largest absolute Gasteiger partial charge is 0.494 e. The van der Waals surface area contributed by atoms with Crippen LogP contribution in [0.15, 0.2) is 28.8 Å². The average molecular weight is 316 g/mol. The van der Waals surface area contributed by atoms with Gasteiger partial charge in [0.05, 0.1) is 18.3 Å². The van der Waals surface area contributed by atoms with E-state index < -0.39 is 0 Å². The maximum absolute atomic E-state index is 12.6. The lowest BCUT2D eigenvalue weighted by atomic mass is 10.0. The average Bonchev–Trinajstić information content (AvgIpc) is 2.90. The minimum atomic E-state index is -0.165. The van der Waals surface area contributed by atoms with Gasteiger partial charge in [0.15, 0.2) is 5.76 Å². The van der Waals surface area contributed by atoms with Crippen molar-refractivity contribution >= 4 is 5.91 Å². The van der Waals surface area contributed by atoms with Crippen molar-refractivity contribution in [3.63, 3.8) is 0 Å². The molecule has 1 amide bonds. The molecule has 1 aromatic carbocycles. The van der Waals surface area contributed by atoms with Crippen LogP contribution in [0.2, 0.25) is 0 Å². The van der Waals surface area contributed by atoms with Gasteiger partial charge in [-0.3, -0.25) is 4.79 Å². The Bertz CT molecular complexity index is 677. The van der Waals surface area contributed by atoms with E-state index in [4.69, 9.17) is 9.26 Å². The normalized spacial score (nSPS) is 12.3. The molecule has 5 heteroatoms. The van der Waals surface area contributed by atoms with Crippen LogP contribution in [-0.2, 0) is 0 Å². The Morgan fingerprint density at radius 2 is 2.09 bits per heavy atom. The molecule has 0 unspecified atom stereocenters. The van der Waals surface area contributed by atoms with Crippen LogP contribution in [0.5, 0.6) is 5.75 Å². The first kappa shape index (κ1) is 17.1. The van der Waals surface area contributed by atoms with Crippen molar-refractivity contribution in [2.75, 3.05) is 6.61 Å². The van der Waals surface area contributed by atoms with Gasteiger partial charge in [0.25, 0.3) is 5.91 Å². The molecule has 0 spiro atoms. The first-order valence-electron chi connectivity index (χ1n) is 7.93. The van der Waals surface area contributed by atoms with Crippen LogP contribution in [0.1, 0.15) is 67.0 Å². The Hall–Kier alpha value is -2.30. The summed E-state index contributed by atoms with van der Waals surface area (Å²) in [6.07, 6.45) is 0. The van der Waals surface area contributed by atoms with Gasteiger partial charge in [-0.25, -0.2) is 0 Å². The molecule has 1 heterocycles. The van der Waals surface area contributed by atoms with Crippen molar-refractivity contribution in [3.8, 4) is 5.75 Å². The highest BCUT2D eigenvalue weighted by atomic mass is 16.5. The van der Waals surface area contributed by atoms with E-state index in [1.807, 2.05) is 52.0 Å². The number of carbonyl (C=O) groups is 1. The lowest BCUT2D eigenvalue weighted by Gasteiger charge is -2.16. The fraction of sp³-hybridized carbons (Fsp3) is 0.444. The van der Waals surface area contributed by atoms with Gasteiger partial charge in [0.2, 0.25) is 0 Å². The number of aromatic nitrogens is 1. The van der Waals surface area contributed by atoms with Crippen molar-refractivity contribution in [1.29, 1.82) is 0 Å². The molecule has 0 fully saturated rings. The van der Waals surface area contributed by atoms with Gasteiger partial charge in [-0.2, -0.15) is 0 Å². The fourth-order valence-electron chi connectivity index (χ4n) is 2.45. The fourth-order valence-corrected chi connectivity index (χ4v) is 2.45. The first-order valence-corrected chi connectivity index (χ1v) is 7.93. The van der Waals surface area contributed by atoms with Crippen molar-refractivity contribution < 1.29 is 14.1 Å². The number of hydrogen-bond donors (Lipinski definition) is 1. The van der Waals surface area contributed by atoms with Crippen molar-refractivity contribution in [1.82, 2.24) is 10.5 Å². The highest BCUT2D eigenvalue weighted by Gasteiger charge is 2.23. The van der Waals surface area contributed by atoms with Gasteiger partial charge in [0, 0.05) is 5.92 Å². The second-order valence-corrected chi connectivity index (χ2v) is 5.86. The van der Waals surface area contributed by atoms with Gasteiger partial charge in [0.1, 0.15) is 11.3 Å². The lowest BCUT2D eigenvalue weighted by Crippen LogP contribution is -2.27. The third kappa shape index (κ3) is 3.92. The van der Waals surface area contributed by atoms with Gasteiger partial charge >= 0.3 is 0 Å². The van der Waals surface area contributed by atoms with Gasteiger partial charge in [-0.05, 0) is 38.5 Å². The quantitative estimate of drug-likeness (QED) is 0.875. The number of rotatable bonds is 6. The summed E-state index contributed by atoms with van der Waals surface area (Å²) in [6.45, 7) is 10.2. The Morgan fingerprint density at radius 3 is 2.74 bits per heavy atom. The third-order valence-corrected chi connectivity index (χ3v) is 3.66. The van der Waals surface area contributed by atoms with Gasteiger partial charge in [-0.15, -0.1) is 0 Å². The Kier molecular flexibility index (Phi) is 5.42.